The topological polar surface area (TPSA) is 29.5 Å². The summed E-state index contributed by atoms with van der Waals surface area (Å²) in [5, 5.41) is 10.1. The normalized spacial score (nSPS) is 41.4. The Morgan fingerprint density at radius 3 is 2.68 bits per heavy atom. The van der Waals surface area contributed by atoms with E-state index in [1.807, 2.05) is 0 Å². The van der Waals surface area contributed by atoms with E-state index in [-0.39, 0.29) is 5.41 Å². The minimum atomic E-state index is 0.0572. The number of hydrogen-bond acceptors (Lipinski definition) is 2. The van der Waals surface area contributed by atoms with Crippen molar-refractivity contribution in [3.8, 4) is 0 Å². The lowest BCUT2D eigenvalue weighted by atomic mass is 9.74. The zero-order valence-electron chi connectivity index (χ0n) is 11.3. The molecule has 2 aliphatic carbocycles. The second-order valence-electron chi connectivity index (χ2n) is 6.63. The predicted molar refractivity (Wildman–Crippen MR) is 73.9 cm³/mol. The predicted octanol–water partition coefficient (Wildman–Crippen LogP) is 2.97. The van der Waals surface area contributed by atoms with Crippen LogP contribution >= 0.6 is 0 Å². The van der Waals surface area contributed by atoms with Gasteiger partial charge in [0, 0.05) is 12.0 Å². The van der Waals surface area contributed by atoms with E-state index in [1.165, 1.54) is 24.8 Å². The summed E-state index contributed by atoms with van der Waals surface area (Å²) in [4.78, 5) is 0. The molecule has 3 aliphatic rings. The molecule has 2 heteroatoms. The van der Waals surface area contributed by atoms with Crippen LogP contribution in [0.2, 0.25) is 0 Å². The van der Waals surface area contributed by atoms with Gasteiger partial charge >= 0.3 is 0 Å². The van der Waals surface area contributed by atoms with Gasteiger partial charge < -0.3 is 9.84 Å². The fraction of sp³-hybridized carbons (Fsp3) is 0.647. The highest BCUT2D eigenvalue weighted by Gasteiger charge is 2.61. The smallest absolute Gasteiger partial charge is 0.0685 e. The van der Waals surface area contributed by atoms with E-state index in [4.69, 9.17) is 4.74 Å². The van der Waals surface area contributed by atoms with Crippen molar-refractivity contribution in [1.29, 1.82) is 0 Å². The Morgan fingerprint density at radius 2 is 2.00 bits per heavy atom. The molecule has 1 heterocycles. The van der Waals surface area contributed by atoms with Crippen LogP contribution in [-0.4, -0.2) is 24.4 Å². The maximum Gasteiger partial charge on any atom is 0.0685 e. The first-order valence-electron chi connectivity index (χ1n) is 7.62. The Hall–Kier alpha value is -0.860. The Labute approximate surface area is 114 Å². The molecule has 1 aromatic rings. The molecular formula is C17H22O2. The van der Waals surface area contributed by atoms with Gasteiger partial charge in [-0.1, -0.05) is 30.3 Å². The van der Waals surface area contributed by atoms with Gasteiger partial charge in [0.25, 0.3) is 0 Å². The zero-order valence-corrected chi connectivity index (χ0v) is 11.3. The fourth-order valence-corrected chi connectivity index (χ4v) is 4.27. The molecule has 2 saturated carbocycles. The van der Waals surface area contributed by atoms with Crippen LogP contribution in [-0.2, 0) is 4.74 Å². The molecule has 4 rings (SSSR count). The SMILES string of the molecule is OCC1(C2CC2c2ccccc2)CCOC1C1CC1. The van der Waals surface area contributed by atoms with E-state index in [2.05, 4.69) is 30.3 Å². The van der Waals surface area contributed by atoms with Crippen LogP contribution in [0.3, 0.4) is 0 Å². The largest absolute Gasteiger partial charge is 0.396 e. The van der Waals surface area contributed by atoms with Crippen molar-refractivity contribution in [3.05, 3.63) is 35.9 Å². The molecule has 1 aromatic carbocycles. The molecule has 4 atom stereocenters. The van der Waals surface area contributed by atoms with Gasteiger partial charge in [-0.15, -0.1) is 0 Å². The van der Waals surface area contributed by atoms with Crippen LogP contribution in [0.1, 0.15) is 37.2 Å². The van der Waals surface area contributed by atoms with Crippen LogP contribution in [0.15, 0.2) is 30.3 Å². The monoisotopic (exact) mass is 258 g/mol. The summed E-state index contributed by atoms with van der Waals surface area (Å²) in [6, 6.07) is 10.8. The molecular weight excluding hydrogens is 236 g/mol. The summed E-state index contributed by atoms with van der Waals surface area (Å²) in [5.41, 5.74) is 1.50. The molecule has 19 heavy (non-hydrogen) atoms. The van der Waals surface area contributed by atoms with Gasteiger partial charge in [-0.25, -0.2) is 0 Å². The molecule has 1 aliphatic heterocycles. The second-order valence-corrected chi connectivity index (χ2v) is 6.63. The van der Waals surface area contributed by atoms with Crippen molar-refractivity contribution < 1.29 is 9.84 Å². The molecule has 4 unspecified atom stereocenters. The van der Waals surface area contributed by atoms with E-state index in [0.29, 0.717) is 24.5 Å². The van der Waals surface area contributed by atoms with E-state index >= 15 is 0 Å². The Morgan fingerprint density at radius 1 is 1.21 bits per heavy atom. The van der Waals surface area contributed by atoms with Crippen molar-refractivity contribution in [2.24, 2.45) is 17.3 Å². The number of aliphatic hydroxyl groups excluding tert-OH is 1. The highest BCUT2D eigenvalue weighted by molar-refractivity contribution is 5.28. The third kappa shape index (κ3) is 1.85. The maximum absolute atomic E-state index is 10.1. The highest BCUT2D eigenvalue weighted by atomic mass is 16.5. The van der Waals surface area contributed by atoms with Gasteiger partial charge in [0.15, 0.2) is 0 Å². The Balaban J connectivity index is 1.57. The minimum absolute atomic E-state index is 0.0572. The van der Waals surface area contributed by atoms with Crippen molar-refractivity contribution in [2.45, 2.75) is 37.7 Å². The van der Waals surface area contributed by atoms with Gasteiger partial charge in [-0.05, 0) is 49.0 Å². The summed E-state index contributed by atoms with van der Waals surface area (Å²) >= 11 is 0. The molecule has 0 bridgehead atoms. The van der Waals surface area contributed by atoms with E-state index in [9.17, 15) is 5.11 Å². The molecule has 0 amide bonds. The van der Waals surface area contributed by atoms with Crippen LogP contribution in [0.25, 0.3) is 0 Å². The Bertz CT molecular complexity index is 454. The molecule has 3 fully saturated rings. The summed E-state index contributed by atoms with van der Waals surface area (Å²) in [6.07, 6.45) is 5.22. The van der Waals surface area contributed by atoms with Gasteiger partial charge in [0.1, 0.15) is 0 Å². The quantitative estimate of drug-likeness (QED) is 0.899. The van der Waals surface area contributed by atoms with Gasteiger partial charge in [-0.2, -0.15) is 0 Å². The highest BCUT2D eigenvalue weighted by Crippen LogP contribution is 2.64. The molecule has 102 valence electrons. The first-order valence-corrected chi connectivity index (χ1v) is 7.62. The van der Waals surface area contributed by atoms with Crippen molar-refractivity contribution in [1.82, 2.24) is 0 Å². The summed E-state index contributed by atoms with van der Waals surface area (Å²) < 4.78 is 6.01. The van der Waals surface area contributed by atoms with Crippen LogP contribution in [0.5, 0.6) is 0 Å². The van der Waals surface area contributed by atoms with E-state index in [1.54, 1.807) is 0 Å². The van der Waals surface area contributed by atoms with Crippen LogP contribution < -0.4 is 0 Å². The molecule has 2 nitrogen and oxygen atoms in total. The average Bonchev–Trinajstić information content (AvgIpc) is 3.38. The van der Waals surface area contributed by atoms with Gasteiger partial charge in [-0.3, -0.25) is 0 Å². The first kappa shape index (κ1) is 11.9. The molecule has 1 N–H and O–H groups in total. The van der Waals surface area contributed by atoms with Crippen molar-refractivity contribution in [2.75, 3.05) is 13.2 Å². The van der Waals surface area contributed by atoms with E-state index in [0.717, 1.165) is 18.9 Å². The summed E-state index contributed by atoms with van der Waals surface area (Å²) in [6.45, 7) is 1.15. The lowest BCUT2D eigenvalue weighted by Gasteiger charge is -2.33. The van der Waals surface area contributed by atoms with Gasteiger partial charge in [0.05, 0.1) is 12.7 Å². The average molecular weight is 258 g/mol. The number of benzene rings is 1. The first-order chi connectivity index (χ1) is 9.35. The van der Waals surface area contributed by atoms with Crippen molar-refractivity contribution >= 4 is 0 Å². The Kier molecular flexibility index (Phi) is 2.71. The minimum Gasteiger partial charge on any atom is -0.396 e. The standard InChI is InChI=1S/C17H22O2/c18-11-17(8-9-19-16(17)13-6-7-13)15-10-14(15)12-4-2-1-3-5-12/h1-5,13-16,18H,6-11H2. The molecule has 0 radical (unpaired) electrons. The lowest BCUT2D eigenvalue weighted by molar-refractivity contribution is -0.0133. The third-order valence-electron chi connectivity index (χ3n) is 5.53. The number of hydrogen-bond donors (Lipinski definition) is 1. The molecule has 0 aromatic heterocycles. The summed E-state index contributed by atoms with van der Waals surface area (Å²) in [5.74, 6) is 2.01. The van der Waals surface area contributed by atoms with Crippen LogP contribution in [0.4, 0.5) is 0 Å². The zero-order chi connectivity index (χ0) is 12.9. The number of rotatable bonds is 4. The number of ether oxygens (including phenoxy) is 1. The lowest BCUT2D eigenvalue weighted by Crippen LogP contribution is -2.38. The third-order valence-corrected chi connectivity index (χ3v) is 5.53. The number of aliphatic hydroxyl groups is 1. The van der Waals surface area contributed by atoms with E-state index < -0.39 is 0 Å². The maximum atomic E-state index is 10.1. The fourth-order valence-electron chi connectivity index (χ4n) is 4.27. The van der Waals surface area contributed by atoms with Crippen molar-refractivity contribution in [3.63, 3.8) is 0 Å². The molecule has 1 saturated heterocycles. The second kappa shape index (κ2) is 4.32. The summed E-state index contributed by atoms with van der Waals surface area (Å²) in [7, 11) is 0. The molecule has 0 spiro atoms. The van der Waals surface area contributed by atoms with Gasteiger partial charge in [0.2, 0.25) is 0 Å². The van der Waals surface area contributed by atoms with Crippen LogP contribution in [0, 0.1) is 17.3 Å².